The Hall–Kier alpha value is -3.35. The summed E-state index contributed by atoms with van der Waals surface area (Å²) in [7, 11) is 0. The number of phenolic OH excluding ortho intramolecular Hbond substituents is 1. The normalized spacial score (nSPS) is 13.9. The van der Waals surface area contributed by atoms with Crippen molar-refractivity contribution in [2.24, 2.45) is 5.73 Å². The van der Waals surface area contributed by atoms with Crippen molar-refractivity contribution in [1.82, 2.24) is 0 Å². The number of nitrogens with zero attached hydrogens (tertiary/aromatic N) is 3. The summed E-state index contributed by atoms with van der Waals surface area (Å²) in [6.45, 7) is 0. The van der Waals surface area contributed by atoms with Crippen molar-refractivity contribution < 1.29 is 29.8 Å². The van der Waals surface area contributed by atoms with Gasteiger partial charge in [0.25, 0.3) is 0 Å². The van der Waals surface area contributed by atoms with Crippen LogP contribution in [0.2, 0.25) is 0 Å². The number of rotatable bonds is 6. The summed E-state index contributed by atoms with van der Waals surface area (Å²) >= 11 is 0. The molecule has 0 saturated carbocycles. The van der Waals surface area contributed by atoms with E-state index in [4.69, 9.17) is 15.9 Å². The highest BCUT2D eigenvalue weighted by atomic mass is 16.7. The highest BCUT2D eigenvalue weighted by Crippen LogP contribution is 2.37. The third-order valence-electron chi connectivity index (χ3n) is 2.94. The fourth-order valence-corrected chi connectivity index (χ4v) is 1.82. The van der Waals surface area contributed by atoms with Gasteiger partial charge >= 0.3 is 17.3 Å². The van der Waals surface area contributed by atoms with Gasteiger partial charge in [-0.25, -0.2) is 10.5 Å². The number of phenols is 1. The number of hydrogen-bond donors (Lipinski definition) is 3. The summed E-state index contributed by atoms with van der Waals surface area (Å²) in [5.74, 6) is -3.03. The molecular formula is C9H8N4O9. The van der Waals surface area contributed by atoms with Crippen LogP contribution in [0.4, 0.5) is 0 Å². The molecule has 0 saturated heterocycles. The molecule has 0 amide bonds. The van der Waals surface area contributed by atoms with Gasteiger partial charge in [-0.15, -0.1) is 0 Å². The first-order valence-corrected chi connectivity index (χ1v) is 5.28. The van der Waals surface area contributed by atoms with Crippen LogP contribution in [0.3, 0.4) is 0 Å². The quantitative estimate of drug-likeness (QED) is 0.334. The van der Waals surface area contributed by atoms with E-state index in [9.17, 15) is 35.1 Å². The van der Waals surface area contributed by atoms with Crippen molar-refractivity contribution >= 4 is 5.97 Å². The Kier molecular flexibility index (Phi) is 3.95. The van der Waals surface area contributed by atoms with Crippen LogP contribution in [0.1, 0.15) is 5.56 Å². The molecule has 1 atom stereocenters. The van der Waals surface area contributed by atoms with Crippen LogP contribution in [0, 0.1) is 30.3 Å². The maximum atomic E-state index is 11.3. The van der Waals surface area contributed by atoms with Crippen LogP contribution in [-0.4, -0.2) is 36.6 Å². The van der Waals surface area contributed by atoms with Crippen molar-refractivity contribution in [2.75, 3.05) is 0 Å². The monoisotopic (exact) mass is 316 g/mol. The van der Waals surface area contributed by atoms with Gasteiger partial charge in [-0.1, -0.05) is 0 Å². The zero-order chi connectivity index (χ0) is 17.3. The third kappa shape index (κ3) is 1.96. The van der Waals surface area contributed by atoms with Gasteiger partial charge in [0.1, 0.15) is 21.2 Å². The zero-order valence-electron chi connectivity index (χ0n) is 10.5. The number of carboxylic acid groups (broad SMARTS) is 1. The summed E-state index contributed by atoms with van der Waals surface area (Å²) in [4.78, 5) is 39.3. The van der Waals surface area contributed by atoms with E-state index in [2.05, 4.69) is 0 Å². The smallest absolute Gasteiger partial charge is 0.508 e. The molecule has 1 aromatic carbocycles. The van der Waals surface area contributed by atoms with Crippen LogP contribution in [0.5, 0.6) is 5.75 Å². The predicted molar refractivity (Wildman–Crippen MR) is 65.3 cm³/mol. The van der Waals surface area contributed by atoms with Crippen LogP contribution in [-0.2, 0) is 10.5 Å². The summed E-state index contributed by atoms with van der Waals surface area (Å²) in [6.07, 6.45) is 0. The van der Waals surface area contributed by atoms with Gasteiger partial charge in [-0.2, -0.15) is 0 Å². The highest BCUT2D eigenvalue weighted by Gasteiger charge is 2.86. The number of aromatic hydroxyl groups is 1. The minimum Gasteiger partial charge on any atom is -0.508 e. The van der Waals surface area contributed by atoms with E-state index in [0.29, 0.717) is 12.1 Å². The second-order valence-electron chi connectivity index (χ2n) is 4.06. The lowest BCUT2D eigenvalue weighted by atomic mass is 9.87. The zero-order valence-corrected chi connectivity index (χ0v) is 10.5. The van der Waals surface area contributed by atoms with Crippen molar-refractivity contribution in [2.45, 2.75) is 11.3 Å². The molecule has 13 nitrogen and oxygen atoms in total. The summed E-state index contributed by atoms with van der Waals surface area (Å²) in [6, 6.07) is 2.74. The Bertz CT molecular complexity index is 628. The van der Waals surface area contributed by atoms with Gasteiger partial charge < -0.3 is 10.2 Å². The summed E-state index contributed by atoms with van der Waals surface area (Å²) < 4.78 is 0. The van der Waals surface area contributed by atoms with Crippen molar-refractivity contribution in [3.05, 3.63) is 60.2 Å². The molecule has 0 unspecified atom stereocenters. The van der Waals surface area contributed by atoms with E-state index in [1.54, 1.807) is 0 Å². The highest BCUT2D eigenvalue weighted by molar-refractivity contribution is 5.78. The van der Waals surface area contributed by atoms with E-state index >= 15 is 0 Å². The van der Waals surface area contributed by atoms with E-state index in [1.807, 2.05) is 0 Å². The standard InChI is InChI=1S/C9H8N4O9/c10-8(7(15)16,11(17)18)9(12(19)20,13(21)22)5-1-3-6(14)4-2-5/h1-4,14H,10H2,(H,15,16)/t8-/m0/s1. The topological polar surface area (TPSA) is 213 Å². The third-order valence-corrected chi connectivity index (χ3v) is 2.94. The molecule has 0 spiro atoms. The number of nitro groups is 3. The molecular weight excluding hydrogens is 308 g/mol. The molecule has 1 aromatic rings. The summed E-state index contributed by atoms with van der Waals surface area (Å²) in [5.41, 5.74) is -4.08. The molecule has 0 fully saturated rings. The van der Waals surface area contributed by atoms with Gasteiger partial charge in [0.2, 0.25) is 0 Å². The molecule has 0 aliphatic heterocycles. The fourth-order valence-electron chi connectivity index (χ4n) is 1.82. The lowest BCUT2D eigenvalue weighted by Crippen LogP contribution is -2.74. The molecule has 1 rings (SSSR count). The molecule has 4 N–H and O–H groups in total. The fraction of sp³-hybridized carbons (Fsp3) is 0.222. The second-order valence-corrected chi connectivity index (χ2v) is 4.06. The van der Waals surface area contributed by atoms with Crippen molar-refractivity contribution in [3.8, 4) is 5.75 Å². The maximum absolute atomic E-state index is 11.3. The number of hydrogen-bond acceptors (Lipinski definition) is 9. The van der Waals surface area contributed by atoms with E-state index < -0.39 is 43.4 Å². The van der Waals surface area contributed by atoms with Crippen molar-refractivity contribution in [1.29, 1.82) is 0 Å². The van der Waals surface area contributed by atoms with Crippen LogP contribution >= 0.6 is 0 Å². The van der Waals surface area contributed by atoms with E-state index in [0.717, 1.165) is 12.1 Å². The molecule has 22 heavy (non-hydrogen) atoms. The SMILES string of the molecule is N[C@@](C(=O)O)([N+](=O)[O-])C(c1ccc(O)cc1)([N+](=O)[O-])[N+](=O)[O-]. The molecule has 118 valence electrons. The lowest BCUT2D eigenvalue weighted by Gasteiger charge is -2.24. The molecule has 0 aromatic heterocycles. The molecule has 0 bridgehead atoms. The first kappa shape index (κ1) is 16.7. The summed E-state index contributed by atoms with van der Waals surface area (Å²) in [5, 5.41) is 51.5. The minimum absolute atomic E-state index is 0.455. The molecule has 0 radical (unpaired) electrons. The number of carboxylic acids is 1. The average molecular weight is 316 g/mol. The van der Waals surface area contributed by atoms with Gasteiger partial charge in [0, 0.05) is 0 Å². The van der Waals surface area contributed by atoms with Gasteiger partial charge in [-0.05, 0) is 24.3 Å². The number of carbonyl (C=O) groups is 1. The van der Waals surface area contributed by atoms with Crippen LogP contribution in [0.15, 0.2) is 24.3 Å². The van der Waals surface area contributed by atoms with Crippen LogP contribution in [0.25, 0.3) is 0 Å². The number of nitrogens with two attached hydrogens (primary N) is 1. The lowest BCUT2D eigenvalue weighted by molar-refractivity contribution is -0.858. The Labute approximate surface area is 120 Å². The number of benzene rings is 1. The van der Waals surface area contributed by atoms with Crippen LogP contribution < -0.4 is 5.73 Å². The largest absolute Gasteiger partial charge is 0.577 e. The molecule has 0 aliphatic rings. The van der Waals surface area contributed by atoms with E-state index in [1.165, 1.54) is 0 Å². The Morgan fingerprint density at radius 3 is 1.68 bits per heavy atom. The van der Waals surface area contributed by atoms with Crippen molar-refractivity contribution in [3.63, 3.8) is 0 Å². The Morgan fingerprint density at radius 1 is 1.00 bits per heavy atom. The Balaban J connectivity index is 3.93. The predicted octanol–water partition coefficient (Wildman–Crippen LogP) is -0.885. The first-order valence-electron chi connectivity index (χ1n) is 5.28. The Morgan fingerprint density at radius 2 is 1.41 bits per heavy atom. The van der Waals surface area contributed by atoms with E-state index in [-0.39, 0.29) is 0 Å². The average Bonchev–Trinajstić information content (AvgIpc) is 2.39. The maximum Gasteiger partial charge on any atom is 0.577 e. The molecule has 13 heteroatoms. The minimum atomic E-state index is -4.09. The van der Waals surface area contributed by atoms with Gasteiger partial charge in [0.15, 0.2) is 0 Å². The first-order chi connectivity index (χ1) is 10.0. The molecule has 0 aliphatic carbocycles. The molecule has 0 heterocycles. The van der Waals surface area contributed by atoms with Gasteiger partial charge in [-0.3, -0.25) is 30.3 Å². The number of aliphatic carboxylic acids is 1. The van der Waals surface area contributed by atoms with Gasteiger partial charge in [0.05, 0.1) is 4.92 Å². The second kappa shape index (κ2) is 5.21.